The topological polar surface area (TPSA) is 94.6 Å². The summed E-state index contributed by atoms with van der Waals surface area (Å²) >= 11 is 0. The third kappa shape index (κ3) is 6.03. The minimum Gasteiger partial charge on any atom is -0.497 e. The molecule has 9 heteroatoms. The molecule has 1 amide bonds. The molecule has 0 radical (unpaired) electrons. The summed E-state index contributed by atoms with van der Waals surface area (Å²) in [6.45, 7) is 2.64. The van der Waals surface area contributed by atoms with Crippen molar-refractivity contribution in [2.45, 2.75) is 13.0 Å². The zero-order valence-corrected chi connectivity index (χ0v) is 18.2. The van der Waals surface area contributed by atoms with E-state index in [1.807, 2.05) is 24.3 Å². The van der Waals surface area contributed by atoms with Crippen LogP contribution in [0, 0.1) is 11.7 Å². The average Bonchev–Trinajstić information content (AvgIpc) is 2.82. The Kier molecular flexibility index (Phi) is 7.43. The van der Waals surface area contributed by atoms with Crippen LogP contribution in [0.5, 0.6) is 11.5 Å². The van der Waals surface area contributed by atoms with Crippen molar-refractivity contribution in [3.63, 3.8) is 0 Å². The molecule has 0 atom stereocenters. The van der Waals surface area contributed by atoms with Crippen LogP contribution in [0.25, 0.3) is 11.3 Å². The van der Waals surface area contributed by atoms with E-state index >= 15 is 0 Å². The molecule has 8 nitrogen and oxygen atoms in total. The lowest BCUT2D eigenvalue weighted by Crippen LogP contribution is -2.42. The molecule has 33 heavy (non-hydrogen) atoms. The molecule has 1 aliphatic heterocycles. The third-order valence-electron chi connectivity index (χ3n) is 5.32. The molecule has 1 aromatic heterocycles. The molecule has 2 N–H and O–H groups in total. The van der Waals surface area contributed by atoms with Gasteiger partial charge in [0.1, 0.15) is 29.6 Å². The van der Waals surface area contributed by atoms with Gasteiger partial charge < -0.3 is 14.8 Å². The summed E-state index contributed by atoms with van der Waals surface area (Å²) in [4.78, 5) is 26.0. The van der Waals surface area contributed by atoms with Gasteiger partial charge >= 0.3 is 0 Å². The van der Waals surface area contributed by atoms with E-state index in [4.69, 9.17) is 14.3 Å². The van der Waals surface area contributed by atoms with Gasteiger partial charge in [0, 0.05) is 11.1 Å². The monoisotopic (exact) mass is 452 g/mol. The van der Waals surface area contributed by atoms with E-state index in [0.29, 0.717) is 24.0 Å². The van der Waals surface area contributed by atoms with Gasteiger partial charge in [-0.2, -0.15) is 0 Å². The minimum atomic E-state index is -0.585. The molecule has 0 unspecified atom stereocenters. The molecule has 1 saturated heterocycles. The van der Waals surface area contributed by atoms with Gasteiger partial charge in [-0.3, -0.25) is 14.6 Å². The molecule has 0 saturated carbocycles. The first kappa shape index (κ1) is 22.6. The Balaban J connectivity index is 1.31. The quantitative estimate of drug-likeness (QED) is 0.457. The molecular weight excluding hydrogens is 427 g/mol. The van der Waals surface area contributed by atoms with Gasteiger partial charge in [0.25, 0.3) is 5.91 Å². The highest BCUT2D eigenvalue weighted by molar-refractivity contribution is 5.91. The van der Waals surface area contributed by atoms with Crippen molar-refractivity contribution in [2.75, 3.05) is 26.8 Å². The lowest BCUT2D eigenvalue weighted by atomic mass is 10.0. The molecule has 3 aromatic rings. The van der Waals surface area contributed by atoms with Crippen molar-refractivity contribution in [1.82, 2.24) is 20.8 Å². The standard InChI is InChI=1S/C24H25FN4O4/c1-31-20-6-7-21(25)18(10-20)15-33-29-24(30)23-14-27-13-22(28-23)17-2-4-19(5-3-17)32-9-8-16-11-26-12-16/h2-7,10,13-14,16,26H,8-9,11-12,15H2,1H3,(H,29,30). The molecule has 1 aliphatic rings. The maximum absolute atomic E-state index is 13.9. The number of hydroxylamine groups is 1. The van der Waals surface area contributed by atoms with E-state index < -0.39 is 11.7 Å². The number of carbonyl (C=O) groups excluding carboxylic acids is 1. The molecular formula is C24H25FN4O4. The average molecular weight is 452 g/mol. The number of hydrogen-bond donors (Lipinski definition) is 2. The van der Waals surface area contributed by atoms with Gasteiger partial charge in [0.2, 0.25) is 0 Å². The van der Waals surface area contributed by atoms with Crippen LogP contribution in [-0.4, -0.2) is 42.7 Å². The first-order chi connectivity index (χ1) is 16.1. The maximum atomic E-state index is 13.9. The van der Waals surface area contributed by atoms with Crippen LogP contribution < -0.4 is 20.3 Å². The normalized spacial score (nSPS) is 13.3. The summed E-state index contributed by atoms with van der Waals surface area (Å²) in [5, 5.41) is 3.25. The number of amides is 1. The SMILES string of the molecule is COc1ccc(F)c(CONC(=O)c2cncc(-c3ccc(OCCC4CNC4)cc3)n2)c1. The second-order valence-electron chi connectivity index (χ2n) is 7.65. The van der Waals surface area contributed by atoms with Gasteiger partial charge in [-0.15, -0.1) is 0 Å². The van der Waals surface area contributed by atoms with Crippen molar-refractivity contribution in [2.24, 2.45) is 5.92 Å². The van der Waals surface area contributed by atoms with Crippen LogP contribution in [0.2, 0.25) is 0 Å². The van der Waals surface area contributed by atoms with Gasteiger partial charge in [-0.25, -0.2) is 14.9 Å². The predicted molar refractivity (Wildman–Crippen MR) is 119 cm³/mol. The molecule has 2 aromatic carbocycles. The maximum Gasteiger partial charge on any atom is 0.295 e. The smallest absolute Gasteiger partial charge is 0.295 e. The van der Waals surface area contributed by atoms with Crippen molar-refractivity contribution < 1.29 is 23.5 Å². The molecule has 0 spiro atoms. The van der Waals surface area contributed by atoms with Crippen molar-refractivity contribution in [1.29, 1.82) is 0 Å². The van der Waals surface area contributed by atoms with Gasteiger partial charge in [-0.1, -0.05) is 0 Å². The van der Waals surface area contributed by atoms with Gasteiger partial charge in [0.05, 0.1) is 31.8 Å². The Morgan fingerprint density at radius 3 is 2.67 bits per heavy atom. The molecule has 4 rings (SSSR count). The second-order valence-corrected chi connectivity index (χ2v) is 7.65. The Morgan fingerprint density at radius 2 is 1.94 bits per heavy atom. The summed E-state index contributed by atoms with van der Waals surface area (Å²) in [6, 6.07) is 11.8. The first-order valence-electron chi connectivity index (χ1n) is 10.6. The van der Waals surface area contributed by atoms with Crippen LogP contribution in [0.3, 0.4) is 0 Å². The van der Waals surface area contributed by atoms with E-state index in [2.05, 4.69) is 20.8 Å². The zero-order valence-electron chi connectivity index (χ0n) is 18.2. The molecule has 0 bridgehead atoms. The summed E-state index contributed by atoms with van der Waals surface area (Å²) in [5.74, 6) is 0.933. The second kappa shape index (κ2) is 10.8. The first-order valence-corrected chi connectivity index (χ1v) is 10.6. The molecule has 1 fully saturated rings. The highest BCUT2D eigenvalue weighted by Crippen LogP contribution is 2.21. The Hall–Kier alpha value is -3.56. The number of nitrogens with one attached hydrogen (secondary N) is 2. The van der Waals surface area contributed by atoms with E-state index in [-0.39, 0.29) is 17.9 Å². The van der Waals surface area contributed by atoms with E-state index in [9.17, 15) is 9.18 Å². The number of aromatic nitrogens is 2. The summed E-state index contributed by atoms with van der Waals surface area (Å²) in [5.41, 5.74) is 3.93. The van der Waals surface area contributed by atoms with Crippen LogP contribution in [0.1, 0.15) is 22.5 Å². The molecule has 2 heterocycles. The van der Waals surface area contributed by atoms with Crippen LogP contribution in [0.15, 0.2) is 54.9 Å². The van der Waals surface area contributed by atoms with Crippen molar-refractivity contribution in [3.05, 3.63) is 71.9 Å². The third-order valence-corrected chi connectivity index (χ3v) is 5.32. The minimum absolute atomic E-state index is 0.0769. The number of ether oxygens (including phenoxy) is 2. The number of carbonyl (C=O) groups is 1. The Labute approximate surface area is 191 Å². The van der Waals surface area contributed by atoms with Crippen LogP contribution >= 0.6 is 0 Å². The Bertz CT molecular complexity index is 1090. The summed E-state index contributed by atoms with van der Waals surface area (Å²) in [7, 11) is 1.49. The van der Waals surface area contributed by atoms with Crippen molar-refractivity contribution in [3.8, 4) is 22.8 Å². The van der Waals surface area contributed by atoms with E-state index in [1.165, 1.54) is 31.5 Å². The van der Waals surface area contributed by atoms with Crippen LogP contribution in [-0.2, 0) is 11.4 Å². The Morgan fingerprint density at radius 1 is 1.15 bits per heavy atom. The number of halogens is 1. The number of benzene rings is 2. The number of rotatable bonds is 10. The van der Waals surface area contributed by atoms with Crippen LogP contribution in [0.4, 0.5) is 4.39 Å². The molecule has 0 aliphatic carbocycles. The predicted octanol–water partition coefficient (Wildman–Crippen LogP) is 3.14. The van der Waals surface area contributed by atoms with Crippen molar-refractivity contribution >= 4 is 5.91 Å². The highest BCUT2D eigenvalue weighted by atomic mass is 19.1. The van der Waals surface area contributed by atoms with Gasteiger partial charge in [-0.05, 0) is 67.9 Å². The fourth-order valence-electron chi connectivity index (χ4n) is 3.25. The zero-order chi connectivity index (χ0) is 23.0. The lowest BCUT2D eigenvalue weighted by Gasteiger charge is -2.26. The van der Waals surface area contributed by atoms with E-state index in [1.54, 1.807) is 6.20 Å². The largest absolute Gasteiger partial charge is 0.497 e. The summed E-state index contributed by atoms with van der Waals surface area (Å²) < 4.78 is 24.7. The fourth-order valence-corrected chi connectivity index (χ4v) is 3.25. The van der Waals surface area contributed by atoms with Gasteiger partial charge in [0.15, 0.2) is 0 Å². The number of hydrogen-bond acceptors (Lipinski definition) is 7. The summed E-state index contributed by atoms with van der Waals surface area (Å²) in [6.07, 6.45) is 3.94. The number of nitrogens with zero attached hydrogens (tertiary/aromatic N) is 2. The fraction of sp³-hybridized carbons (Fsp3) is 0.292. The molecule has 172 valence electrons. The number of methoxy groups -OCH3 is 1. The van der Waals surface area contributed by atoms with E-state index in [0.717, 1.165) is 30.8 Å². The lowest BCUT2D eigenvalue weighted by molar-refractivity contribution is 0.0219. The highest BCUT2D eigenvalue weighted by Gasteiger charge is 2.16.